The number of aromatic nitrogens is 3. The highest BCUT2D eigenvalue weighted by atomic mass is 35.5. The molecule has 25 heavy (non-hydrogen) atoms. The molecule has 0 aliphatic carbocycles. The summed E-state index contributed by atoms with van der Waals surface area (Å²) in [6, 6.07) is 12.7. The predicted octanol–water partition coefficient (Wildman–Crippen LogP) is 3.18. The van der Waals surface area contributed by atoms with Crippen LogP contribution in [0, 0.1) is 5.82 Å². The van der Waals surface area contributed by atoms with Crippen molar-refractivity contribution >= 4 is 35.0 Å². The minimum Gasteiger partial charge on any atom is -0.335 e. The molecule has 1 heterocycles. The maximum Gasteiger partial charge on any atom is 0.234 e. The number of carbonyl (C=O) groups is 1. The second-order valence-corrected chi connectivity index (χ2v) is 6.35. The molecule has 0 radical (unpaired) electrons. The fourth-order valence-corrected chi connectivity index (χ4v) is 2.94. The number of nitrogens with two attached hydrogens (primary N) is 1. The van der Waals surface area contributed by atoms with Crippen LogP contribution in [0.2, 0.25) is 5.02 Å². The van der Waals surface area contributed by atoms with Crippen LogP contribution in [0.15, 0.2) is 53.7 Å². The first-order chi connectivity index (χ1) is 12.0. The van der Waals surface area contributed by atoms with Gasteiger partial charge in [-0.15, -0.1) is 10.2 Å². The lowest BCUT2D eigenvalue weighted by Crippen LogP contribution is -2.16. The number of amides is 1. The second-order valence-electron chi connectivity index (χ2n) is 5.00. The van der Waals surface area contributed by atoms with Crippen LogP contribution in [-0.4, -0.2) is 26.5 Å². The molecule has 0 aliphatic heterocycles. The number of nitrogens with one attached hydrogen (secondary N) is 1. The molecule has 6 nitrogen and oxygen atoms in total. The van der Waals surface area contributed by atoms with Crippen LogP contribution in [0.4, 0.5) is 10.1 Å². The Kier molecular flexibility index (Phi) is 5.20. The van der Waals surface area contributed by atoms with Crippen LogP contribution >= 0.6 is 23.4 Å². The maximum absolute atomic E-state index is 12.9. The SMILES string of the molecule is Nn1c(SCC(=O)Nc2ccc(F)cc2)nnc1-c1ccccc1Cl. The molecule has 0 fully saturated rings. The van der Waals surface area contributed by atoms with E-state index in [2.05, 4.69) is 15.5 Å². The average molecular weight is 378 g/mol. The van der Waals surface area contributed by atoms with Gasteiger partial charge in [-0.2, -0.15) is 0 Å². The predicted molar refractivity (Wildman–Crippen MR) is 96.4 cm³/mol. The molecule has 2 aromatic carbocycles. The molecule has 0 aliphatic rings. The van der Waals surface area contributed by atoms with Crippen LogP contribution in [0.5, 0.6) is 0 Å². The third-order valence-corrected chi connectivity index (χ3v) is 4.51. The quantitative estimate of drug-likeness (QED) is 0.527. The zero-order valence-corrected chi connectivity index (χ0v) is 14.4. The highest BCUT2D eigenvalue weighted by molar-refractivity contribution is 7.99. The molecule has 9 heteroatoms. The summed E-state index contributed by atoms with van der Waals surface area (Å²) in [5.74, 6) is 5.86. The normalized spacial score (nSPS) is 10.6. The Morgan fingerprint density at radius 3 is 2.64 bits per heavy atom. The zero-order valence-electron chi connectivity index (χ0n) is 12.8. The van der Waals surface area contributed by atoms with Crippen molar-refractivity contribution in [3.8, 4) is 11.4 Å². The Bertz CT molecular complexity index is 900. The van der Waals surface area contributed by atoms with Crippen LogP contribution in [-0.2, 0) is 4.79 Å². The number of hydrogen-bond acceptors (Lipinski definition) is 5. The Labute approximate surface area is 152 Å². The van der Waals surface area contributed by atoms with E-state index in [1.54, 1.807) is 18.2 Å². The molecule has 0 saturated carbocycles. The van der Waals surface area contributed by atoms with Crippen molar-refractivity contribution < 1.29 is 9.18 Å². The van der Waals surface area contributed by atoms with Gasteiger partial charge in [-0.3, -0.25) is 4.79 Å². The summed E-state index contributed by atoms with van der Waals surface area (Å²) >= 11 is 7.27. The van der Waals surface area contributed by atoms with Crippen molar-refractivity contribution in [2.45, 2.75) is 5.16 Å². The highest BCUT2D eigenvalue weighted by Crippen LogP contribution is 2.27. The van der Waals surface area contributed by atoms with Gasteiger partial charge < -0.3 is 11.2 Å². The zero-order chi connectivity index (χ0) is 17.8. The lowest BCUT2D eigenvalue weighted by Gasteiger charge is -2.06. The van der Waals surface area contributed by atoms with E-state index in [1.807, 2.05) is 6.07 Å². The molecule has 1 amide bonds. The van der Waals surface area contributed by atoms with Gasteiger partial charge in [0, 0.05) is 11.3 Å². The molecule has 3 aromatic rings. The average Bonchev–Trinajstić information content (AvgIpc) is 2.96. The Morgan fingerprint density at radius 2 is 1.92 bits per heavy atom. The minimum absolute atomic E-state index is 0.0786. The standard InChI is InChI=1S/C16H13ClFN5OS/c17-13-4-2-1-3-12(13)15-21-22-16(23(15)19)25-9-14(24)20-11-7-5-10(18)6-8-11/h1-8H,9,19H2,(H,20,24). The molecule has 0 saturated heterocycles. The van der Waals surface area contributed by atoms with E-state index >= 15 is 0 Å². The number of nitrogen functional groups attached to an aromatic ring is 1. The van der Waals surface area contributed by atoms with E-state index in [-0.39, 0.29) is 17.5 Å². The van der Waals surface area contributed by atoms with Gasteiger partial charge in [0.1, 0.15) is 5.82 Å². The van der Waals surface area contributed by atoms with Gasteiger partial charge in [-0.05, 0) is 36.4 Å². The van der Waals surface area contributed by atoms with Gasteiger partial charge in [-0.25, -0.2) is 9.07 Å². The van der Waals surface area contributed by atoms with Crippen molar-refractivity contribution in [3.05, 3.63) is 59.4 Å². The molecule has 0 atom stereocenters. The summed E-state index contributed by atoms with van der Waals surface area (Å²) in [7, 11) is 0. The van der Waals surface area contributed by atoms with Crippen molar-refractivity contribution in [3.63, 3.8) is 0 Å². The molecule has 0 bridgehead atoms. The van der Waals surface area contributed by atoms with Crippen LogP contribution in [0.25, 0.3) is 11.4 Å². The van der Waals surface area contributed by atoms with Gasteiger partial charge in [0.2, 0.25) is 11.1 Å². The molecular weight excluding hydrogens is 365 g/mol. The summed E-state index contributed by atoms with van der Waals surface area (Å²) in [5.41, 5.74) is 1.17. The fraction of sp³-hybridized carbons (Fsp3) is 0.0625. The number of anilines is 1. The Hall–Kier alpha value is -2.58. The third kappa shape index (κ3) is 4.09. The molecular formula is C16H13ClFN5OS. The smallest absolute Gasteiger partial charge is 0.234 e. The largest absolute Gasteiger partial charge is 0.335 e. The molecule has 0 spiro atoms. The van der Waals surface area contributed by atoms with E-state index in [0.717, 1.165) is 11.8 Å². The number of hydrogen-bond donors (Lipinski definition) is 2. The van der Waals surface area contributed by atoms with Crippen molar-refractivity contribution in [1.82, 2.24) is 14.9 Å². The van der Waals surface area contributed by atoms with Gasteiger partial charge in [0.15, 0.2) is 5.82 Å². The summed E-state index contributed by atoms with van der Waals surface area (Å²) in [5, 5.41) is 11.6. The fourth-order valence-electron chi connectivity index (χ4n) is 2.06. The molecule has 1 aromatic heterocycles. The van der Waals surface area contributed by atoms with Crippen LogP contribution < -0.4 is 11.2 Å². The number of halogens is 2. The van der Waals surface area contributed by atoms with E-state index in [1.165, 1.54) is 28.9 Å². The lowest BCUT2D eigenvalue weighted by molar-refractivity contribution is -0.113. The molecule has 3 N–H and O–H groups in total. The summed E-state index contributed by atoms with van der Waals surface area (Å²) in [4.78, 5) is 12.0. The first-order valence-corrected chi connectivity index (χ1v) is 8.54. The molecule has 3 rings (SSSR count). The highest BCUT2D eigenvalue weighted by Gasteiger charge is 2.15. The maximum atomic E-state index is 12.9. The van der Waals surface area contributed by atoms with Crippen LogP contribution in [0.3, 0.4) is 0 Å². The third-order valence-electron chi connectivity index (χ3n) is 3.24. The second kappa shape index (κ2) is 7.54. The van der Waals surface area contributed by atoms with E-state index in [9.17, 15) is 9.18 Å². The number of carbonyl (C=O) groups excluding carboxylic acids is 1. The summed E-state index contributed by atoms with van der Waals surface area (Å²) in [6.07, 6.45) is 0. The van der Waals surface area contributed by atoms with Gasteiger partial charge in [0.25, 0.3) is 0 Å². The van der Waals surface area contributed by atoms with Crippen molar-refractivity contribution in [1.29, 1.82) is 0 Å². The van der Waals surface area contributed by atoms with Gasteiger partial charge >= 0.3 is 0 Å². The van der Waals surface area contributed by atoms with Crippen molar-refractivity contribution in [2.24, 2.45) is 0 Å². The van der Waals surface area contributed by atoms with Crippen molar-refractivity contribution in [2.75, 3.05) is 16.9 Å². The molecule has 0 unspecified atom stereocenters. The number of nitrogens with zero attached hydrogens (tertiary/aromatic N) is 3. The first kappa shape index (κ1) is 17.2. The number of thioether (sulfide) groups is 1. The van der Waals surface area contributed by atoms with Crippen LogP contribution in [0.1, 0.15) is 0 Å². The van der Waals surface area contributed by atoms with E-state index in [0.29, 0.717) is 27.3 Å². The first-order valence-electron chi connectivity index (χ1n) is 7.18. The minimum atomic E-state index is -0.365. The topological polar surface area (TPSA) is 85.8 Å². The van der Waals surface area contributed by atoms with E-state index in [4.69, 9.17) is 17.4 Å². The van der Waals surface area contributed by atoms with E-state index < -0.39 is 0 Å². The van der Waals surface area contributed by atoms with Gasteiger partial charge in [-0.1, -0.05) is 35.5 Å². The molecule has 128 valence electrons. The van der Waals surface area contributed by atoms with Gasteiger partial charge in [0.05, 0.1) is 10.8 Å². The Morgan fingerprint density at radius 1 is 1.20 bits per heavy atom. The summed E-state index contributed by atoms with van der Waals surface area (Å²) < 4.78 is 14.1. The lowest BCUT2D eigenvalue weighted by atomic mass is 10.2. The monoisotopic (exact) mass is 377 g/mol. The summed E-state index contributed by atoms with van der Waals surface area (Å²) in [6.45, 7) is 0. The number of rotatable bonds is 5. The number of benzene rings is 2. The Balaban J connectivity index is 1.65.